The molecule has 2 aliphatic rings. The third-order valence-corrected chi connectivity index (χ3v) is 5.03. The highest BCUT2D eigenvalue weighted by atomic mass is 16.5. The molecule has 6 heteroatoms. The molecule has 0 atom stereocenters. The van der Waals surface area contributed by atoms with Gasteiger partial charge in [-0.1, -0.05) is 12.8 Å². The fraction of sp³-hybridized carbons (Fsp3) is 0.667. The first-order valence-corrected chi connectivity index (χ1v) is 9.02. The minimum Gasteiger partial charge on any atom is -0.381 e. The number of aromatic nitrogens is 1. The predicted octanol–water partition coefficient (Wildman–Crippen LogP) is 1.59. The zero-order chi connectivity index (χ0) is 16.8. The molecule has 24 heavy (non-hydrogen) atoms. The van der Waals surface area contributed by atoms with E-state index in [1.165, 1.54) is 25.7 Å². The average molecular weight is 332 g/mol. The molecule has 1 aromatic heterocycles. The molecule has 3 N–H and O–H groups in total. The van der Waals surface area contributed by atoms with Crippen molar-refractivity contribution in [3.8, 4) is 0 Å². The number of nitrogens with two attached hydrogens (primary N) is 1. The Morgan fingerprint density at radius 3 is 2.67 bits per heavy atom. The van der Waals surface area contributed by atoms with Crippen molar-refractivity contribution in [3.05, 3.63) is 23.9 Å². The van der Waals surface area contributed by atoms with Crippen molar-refractivity contribution >= 4 is 11.7 Å². The highest BCUT2D eigenvalue weighted by molar-refractivity contribution is 5.86. The number of anilines is 1. The Bertz CT molecular complexity index is 550. The molecule has 0 spiro atoms. The van der Waals surface area contributed by atoms with Gasteiger partial charge in [0.25, 0.3) is 0 Å². The summed E-state index contributed by atoms with van der Waals surface area (Å²) < 4.78 is 5.30. The zero-order valence-corrected chi connectivity index (χ0v) is 14.3. The Kier molecular flexibility index (Phi) is 5.68. The molecule has 0 bridgehead atoms. The fourth-order valence-corrected chi connectivity index (χ4v) is 3.36. The van der Waals surface area contributed by atoms with Crippen LogP contribution in [0.15, 0.2) is 18.3 Å². The van der Waals surface area contributed by atoms with Gasteiger partial charge < -0.3 is 20.7 Å². The number of nitrogens with zero attached hydrogens (tertiary/aromatic N) is 2. The van der Waals surface area contributed by atoms with Gasteiger partial charge in [-0.05, 0) is 43.4 Å². The average Bonchev–Trinajstić information content (AvgIpc) is 2.90. The summed E-state index contributed by atoms with van der Waals surface area (Å²) in [4.78, 5) is 19.3. The van der Waals surface area contributed by atoms with Crippen LogP contribution in [0.25, 0.3) is 0 Å². The summed E-state index contributed by atoms with van der Waals surface area (Å²) in [6.07, 6.45) is 8.03. The third kappa shape index (κ3) is 4.24. The molecule has 0 radical (unpaired) electrons. The topological polar surface area (TPSA) is 80.5 Å². The number of amides is 1. The van der Waals surface area contributed by atoms with Crippen LogP contribution in [0.2, 0.25) is 0 Å². The van der Waals surface area contributed by atoms with Crippen LogP contribution in [0.5, 0.6) is 0 Å². The minimum absolute atomic E-state index is 0.0843. The van der Waals surface area contributed by atoms with Crippen LogP contribution in [0, 0.1) is 0 Å². The number of nitrogens with one attached hydrogen (secondary N) is 1. The highest BCUT2D eigenvalue weighted by Gasteiger charge is 2.35. The number of ether oxygens (including phenoxy) is 1. The number of pyridine rings is 1. The van der Waals surface area contributed by atoms with E-state index < -0.39 is 5.54 Å². The van der Waals surface area contributed by atoms with Gasteiger partial charge in [0.15, 0.2) is 0 Å². The smallest absolute Gasteiger partial charge is 0.240 e. The molecule has 0 aliphatic carbocycles. The van der Waals surface area contributed by atoms with E-state index in [2.05, 4.69) is 21.3 Å². The fourth-order valence-electron chi connectivity index (χ4n) is 3.36. The molecule has 3 heterocycles. The van der Waals surface area contributed by atoms with Crippen molar-refractivity contribution < 1.29 is 9.53 Å². The van der Waals surface area contributed by atoms with Gasteiger partial charge in [-0.3, -0.25) is 4.79 Å². The maximum Gasteiger partial charge on any atom is 0.240 e. The van der Waals surface area contributed by atoms with E-state index >= 15 is 0 Å². The van der Waals surface area contributed by atoms with Gasteiger partial charge in [0.2, 0.25) is 5.91 Å². The van der Waals surface area contributed by atoms with E-state index in [-0.39, 0.29) is 5.91 Å². The highest BCUT2D eigenvalue weighted by Crippen LogP contribution is 2.20. The predicted molar refractivity (Wildman–Crippen MR) is 93.7 cm³/mol. The Hall–Kier alpha value is -1.66. The molecule has 0 saturated carbocycles. The number of carbonyl (C=O) groups excluding carboxylic acids is 1. The van der Waals surface area contributed by atoms with Crippen LogP contribution >= 0.6 is 0 Å². The van der Waals surface area contributed by atoms with Crippen LogP contribution in [0.4, 0.5) is 5.82 Å². The SMILES string of the molecule is NC1(C(=O)NCc2ccnc(N3CCCCCC3)c2)CCOCC1. The van der Waals surface area contributed by atoms with Crippen LogP contribution in [-0.2, 0) is 16.1 Å². The summed E-state index contributed by atoms with van der Waals surface area (Å²) in [6.45, 7) is 3.72. The number of hydrogen-bond acceptors (Lipinski definition) is 5. The van der Waals surface area contributed by atoms with Crippen molar-refractivity contribution in [2.24, 2.45) is 5.73 Å². The van der Waals surface area contributed by atoms with Crippen molar-refractivity contribution in [1.29, 1.82) is 0 Å². The lowest BCUT2D eigenvalue weighted by atomic mass is 9.90. The van der Waals surface area contributed by atoms with Gasteiger partial charge in [0.05, 0.1) is 5.54 Å². The lowest BCUT2D eigenvalue weighted by molar-refractivity contribution is -0.129. The molecule has 0 aromatic carbocycles. The molecule has 0 unspecified atom stereocenters. The van der Waals surface area contributed by atoms with Gasteiger partial charge >= 0.3 is 0 Å². The molecule has 3 rings (SSSR count). The maximum absolute atomic E-state index is 12.4. The lowest BCUT2D eigenvalue weighted by Crippen LogP contribution is -2.56. The van der Waals surface area contributed by atoms with E-state index in [1.54, 1.807) is 0 Å². The largest absolute Gasteiger partial charge is 0.381 e. The normalized spacial score (nSPS) is 21.1. The monoisotopic (exact) mass is 332 g/mol. The van der Waals surface area contributed by atoms with Crippen molar-refractivity contribution in [1.82, 2.24) is 10.3 Å². The molecule has 6 nitrogen and oxygen atoms in total. The second-order valence-corrected chi connectivity index (χ2v) is 6.87. The van der Waals surface area contributed by atoms with Crippen molar-refractivity contribution in [2.75, 3.05) is 31.2 Å². The Morgan fingerprint density at radius 1 is 1.25 bits per heavy atom. The van der Waals surface area contributed by atoms with Crippen LogP contribution in [0.1, 0.15) is 44.1 Å². The number of carbonyl (C=O) groups is 1. The maximum atomic E-state index is 12.4. The Balaban J connectivity index is 1.59. The molecule has 1 amide bonds. The molecule has 1 aromatic rings. The number of hydrogen-bond donors (Lipinski definition) is 2. The second-order valence-electron chi connectivity index (χ2n) is 6.87. The van der Waals surface area contributed by atoms with E-state index in [0.717, 1.165) is 24.5 Å². The first kappa shape index (κ1) is 17.2. The standard InChI is InChI=1S/C18H28N4O2/c19-18(6-11-24-12-7-18)17(23)21-14-15-5-8-20-16(13-15)22-9-3-1-2-4-10-22/h5,8,13H,1-4,6-7,9-12,14,19H2,(H,21,23). The summed E-state index contributed by atoms with van der Waals surface area (Å²) in [7, 11) is 0. The lowest BCUT2D eigenvalue weighted by Gasteiger charge is -2.31. The van der Waals surface area contributed by atoms with Crippen LogP contribution in [0.3, 0.4) is 0 Å². The van der Waals surface area contributed by atoms with E-state index in [4.69, 9.17) is 10.5 Å². The summed E-state index contributed by atoms with van der Waals surface area (Å²) in [6, 6.07) is 4.04. The summed E-state index contributed by atoms with van der Waals surface area (Å²) in [5, 5.41) is 2.99. The van der Waals surface area contributed by atoms with Gasteiger partial charge in [-0.15, -0.1) is 0 Å². The second kappa shape index (κ2) is 7.94. The molecular formula is C18H28N4O2. The number of rotatable bonds is 4. The summed E-state index contributed by atoms with van der Waals surface area (Å²) in [5.74, 6) is 0.927. The molecule has 132 valence electrons. The van der Waals surface area contributed by atoms with Gasteiger partial charge in [0.1, 0.15) is 5.82 Å². The third-order valence-electron chi connectivity index (χ3n) is 5.03. The zero-order valence-electron chi connectivity index (χ0n) is 14.3. The van der Waals surface area contributed by atoms with E-state index in [0.29, 0.717) is 32.6 Å². The summed E-state index contributed by atoms with van der Waals surface area (Å²) in [5.41, 5.74) is 6.49. The van der Waals surface area contributed by atoms with E-state index in [1.807, 2.05) is 12.3 Å². The first-order chi connectivity index (χ1) is 11.7. The van der Waals surface area contributed by atoms with Gasteiger partial charge in [0, 0.05) is 39.0 Å². The van der Waals surface area contributed by atoms with Gasteiger partial charge in [-0.2, -0.15) is 0 Å². The van der Waals surface area contributed by atoms with Gasteiger partial charge in [-0.25, -0.2) is 4.98 Å². The van der Waals surface area contributed by atoms with Crippen LogP contribution in [-0.4, -0.2) is 42.7 Å². The Labute approximate surface area is 143 Å². The molecule has 2 saturated heterocycles. The van der Waals surface area contributed by atoms with Crippen molar-refractivity contribution in [2.45, 2.75) is 50.6 Å². The quantitative estimate of drug-likeness (QED) is 0.875. The molecule has 2 aliphatic heterocycles. The summed E-state index contributed by atoms with van der Waals surface area (Å²) >= 11 is 0. The Morgan fingerprint density at radius 2 is 1.96 bits per heavy atom. The van der Waals surface area contributed by atoms with Crippen molar-refractivity contribution in [3.63, 3.8) is 0 Å². The van der Waals surface area contributed by atoms with Crippen LogP contribution < -0.4 is 16.0 Å². The molecule has 2 fully saturated rings. The minimum atomic E-state index is -0.793. The molecular weight excluding hydrogens is 304 g/mol. The first-order valence-electron chi connectivity index (χ1n) is 9.02. The van der Waals surface area contributed by atoms with E-state index in [9.17, 15) is 4.79 Å².